The van der Waals surface area contributed by atoms with Crippen LogP contribution in [0.25, 0.3) is 0 Å². The summed E-state index contributed by atoms with van der Waals surface area (Å²) in [4.78, 5) is 51.0. The Labute approximate surface area is 202 Å². The monoisotopic (exact) mass is 483 g/mol. The van der Waals surface area contributed by atoms with Crippen LogP contribution in [-0.2, 0) is 20.9 Å². The first-order valence-corrected chi connectivity index (χ1v) is 11.5. The molecule has 0 bridgehead atoms. The van der Waals surface area contributed by atoms with Gasteiger partial charge in [-0.05, 0) is 43.7 Å². The van der Waals surface area contributed by atoms with E-state index in [1.54, 1.807) is 12.1 Å². The number of nitrogen functional groups attached to an aromatic ring is 1. The first-order valence-electron chi connectivity index (χ1n) is 11.5. The Morgan fingerprint density at radius 2 is 1.97 bits per heavy atom. The molecule has 3 amide bonds. The standard InChI is InChI=1S/C23H29N7O5/c1-3-14-8-10-23(11-9-14)19(32)30(22(33)29-23)12-18(31)35-13-17-26-20(24)28-21(27-17)25-15-6-4-5-7-16(15)34-2/h4-7,14H,3,8-13H2,1-2H3,(H,29,33)(H3,24,25,26,27,28). The van der Waals surface area contributed by atoms with Crippen molar-refractivity contribution in [3.05, 3.63) is 30.1 Å². The Morgan fingerprint density at radius 3 is 2.69 bits per heavy atom. The minimum atomic E-state index is -0.912. The number of anilines is 3. The molecule has 4 N–H and O–H groups in total. The molecule has 1 aromatic heterocycles. The molecule has 2 heterocycles. The Balaban J connectivity index is 1.36. The quantitative estimate of drug-likeness (QED) is 0.374. The van der Waals surface area contributed by atoms with Crippen LogP contribution in [0.2, 0.25) is 0 Å². The highest BCUT2D eigenvalue weighted by atomic mass is 16.5. The highest BCUT2D eigenvalue weighted by Gasteiger charge is 2.52. The number of ether oxygens (including phenoxy) is 2. The first-order chi connectivity index (χ1) is 16.8. The summed E-state index contributed by atoms with van der Waals surface area (Å²) in [6.45, 7) is 1.33. The second kappa shape index (κ2) is 10.1. The van der Waals surface area contributed by atoms with Crippen molar-refractivity contribution in [2.45, 2.75) is 51.2 Å². The third-order valence-electron chi connectivity index (χ3n) is 6.48. The fourth-order valence-corrected chi connectivity index (χ4v) is 4.48. The smallest absolute Gasteiger partial charge is 0.326 e. The number of urea groups is 1. The van der Waals surface area contributed by atoms with Gasteiger partial charge in [-0.25, -0.2) is 4.79 Å². The lowest BCUT2D eigenvalue weighted by Gasteiger charge is -2.34. The van der Waals surface area contributed by atoms with Crippen LogP contribution in [0.3, 0.4) is 0 Å². The van der Waals surface area contributed by atoms with E-state index in [0.717, 1.165) is 24.2 Å². The number of imide groups is 1. The van der Waals surface area contributed by atoms with Gasteiger partial charge in [0.1, 0.15) is 17.8 Å². The summed E-state index contributed by atoms with van der Waals surface area (Å²) in [6, 6.07) is 6.60. The zero-order chi connectivity index (χ0) is 25.0. The van der Waals surface area contributed by atoms with Gasteiger partial charge in [-0.3, -0.25) is 14.5 Å². The number of aromatic nitrogens is 3. The molecule has 2 aliphatic rings. The summed E-state index contributed by atoms with van der Waals surface area (Å²) in [5.41, 5.74) is 5.48. The van der Waals surface area contributed by atoms with Crippen molar-refractivity contribution in [3.8, 4) is 5.75 Å². The topological polar surface area (TPSA) is 162 Å². The number of hydrogen-bond donors (Lipinski definition) is 3. The van der Waals surface area contributed by atoms with Crippen molar-refractivity contribution in [1.29, 1.82) is 0 Å². The van der Waals surface area contributed by atoms with Crippen LogP contribution < -0.4 is 21.1 Å². The van der Waals surface area contributed by atoms with Gasteiger partial charge in [-0.1, -0.05) is 25.5 Å². The van der Waals surface area contributed by atoms with Crippen molar-refractivity contribution < 1.29 is 23.9 Å². The number of para-hydroxylation sites is 2. The van der Waals surface area contributed by atoms with Gasteiger partial charge in [-0.15, -0.1) is 0 Å². The van der Waals surface area contributed by atoms with E-state index in [1.807, 2.05) is 12.1 Å². The van der Waals surface area contributed by atoms with Crippen molar-refractivity contribution in [3.63, 3.8) is 0 Å². The maximum Gasteiger partial charge on any atom is 0.326 e. The minimum absolute atomic E-state index is 0.0674. The van der Waals surface area contributed by atoms with Crippen LogP contribution >= 0.6 is 0 Å². The molecule has 2 fully saturated rings. The Morgan fingerprint density at radius 1 is 1.23 bits per heavy atom. The predicted octanol–water partition coefficient (Wildman–Crippen LogP) is 2.14. The molecule has 1 aliphatic carbocycles. The van der Waals surface area contributed by atoms with E-state index in [1.165, 1.54) is 7.11 Å². The highest BCUT2D eigenvalue weighted by Crippen LogP contribution is 2.37. The Bertz CT molecular complexity index is 1120. The van der Waals surface area contributed by atoms with Crippen molar-refractivity contribution >= 4 is 35.5 Å². The zero-order valence-corrected chi connectivity index (χ0v) is 19.7. The van der Waals surface area contributed by atoms with Crippen LogP contribution in [0.1, 0.15) is 44.9 Å². The molecular formula is C23H29N7O5. The number of benzene rings is 1. The Hall–Kier alpha value is -3.96. The summed E-state index contributed by atoms with van der Waals surface area (Å²) in [5, 5.41) is 5.79. The number of amides is 3. The predicted molar refractivity (Wildman–Crippen MR) is 126 cm³/mol. The fraction of sp³-hybridized carbons (Fsp3) is 0.478. The number of nitrogens with zero attached hydrogens (tertiary/aromatic N) is 4. The summed E-state index contributed by atoms with van der Waals surface area (Å²) in [5.74, 6) is 0.185. The van der Waals surface area contributed by atoms with Gasteiger partial charge in [0.05, 0.1) is 12.8 Å². The molecule has 2 aromatic rings. The van der Waals surface area contributed by atoms with Gasteiger partial charge in [0.25, 0.3) is 5.91 Å². The maximum atomic E-state index is 13.0. The maximum absolute atomic E-state index is 13.0. The molecule has 1 aliphatic heterocycles. The third kappa shape index (κ3) is 5.26. The summed E-state index contributed by atoms with van der Waals surface area (Å²) >= 11 is 0. The fourth-order valence-electron chi connectivity index (χ4n) is 4.48. The number of nitrogens with two attached hydrogens (primary N) is 1. The summed E-state index contributed by atoms with van der Waals surface area (Å²) in [6.07, 6.45) is 3.94. The lowest BCUT2D eigenvalue weighted by Crippen LogP contribution is -2.49. The van der Waals surface area contributed by atoms with Crippen LogP contribution in [0, 0.1) is 5.92 Å². The van der Waals surface area contributed by atoms with E-state index >= 15 is 0 Å². The van der Waals surface area contributed by atoms with Gasteiger partial charge >= 0.3 is 12.0 Å². The average molecular weight is 484 g/mol. The molecule has 186 valence electrons. The van der Waals surface area contributed by atoms with Gasteiger partial charge in [0, 0.05) is 0 Å². The third-order valence-corrected chi connectivity index (χ3v) is 6.48. The van der Waals surface area contributed by atoms with E-state index in [4.69, 9.17) is 15.2 Å². The molecular weight excluding hydrogens is 454 g/mol. The number of nitrogens with one attached hydrogen (secondary N) is 2. The molecule has 1 spiro atoms. The lowest BCUT2D eigenvalue weighted by molar-refractivity contribution is -0.149. The van der Waals surface area contributed by atoms with Gasteiger partial charge in [-0.2, -0.15) is 15.0 Å². The largest absolute Gasteiger partial charge is 0.495 e. The molecule has 12 nitrogen and oxygen atoms in total. The number of rotatable bonds is 8. The van der Waals surface area contributed by atoms with Gasteiger partial charge in [0.15, 0.2) is 12.4 Å². The summed E-state index contributed by atoms with van der Waals surface area (Å²) in [7, 11) is 1.54. The van der Waals surface area contributed by atoms with E-state index in [9.17, 15) is 14.4 Å². The van der Waals surface area contributed by atoms with Crippen molar-refractivity contribution in [1.82, 2.24) is 25.2 Å². The number of hydrogen-bond acceptors (Lipinski definition) is 10. The van der Waals surface area contributed by atoms with E-state index in [2.05, 4.69) is 32.5 Å². The van der Waals surface area contributed by atoms with Crippen LogP contribution in [-0.4, -0.2) is 57.0 Å². The summed E-state index contributed by atoms with van der Waals surface area (Å²) < 4.78 is 10.5. The lowest BCUT2D eigenvalue weighted by atomic mass is 9.75. The number of carbonyl (C=O) groups is 3. The average Bonchev–Trinajstić information content (AvgIpc) is 3.07. The van der Waals surface area contributed by atoms with Crippen molar-refractivity contribution in [2.24, 2.45) is 5.92 Å². The molecule has 4 rings (SSSR count). The highest BCUT2D eigenvalue weighted by molar-refractivity contribution is 6.08. The van der Waals surface area contributed by atoms with Crippen LogP contribution in [0.5, 0.6) is 5.75 Å². The number of carbonyl (C=O) groups excluding carboxylic acids is 3. The minimum Gasteiger partial charge on any atom is -0.495 e. The van der Waals surface area contributed by atoms with Crippen LogP contribution in [0.15, 0.2) is 24.3 Å². The molecule has 1 aromatic carbocycles. The SMILES string of the molecule is CCC1CCC2(CC1)NC(=O)N(CC(=O)OCc1nc(N)nc(Nc3ccccc3OC)n1)C2=O. The van der Waals surface area contributed by atoms with E-state index in [0.29, 0.717) is 30.2 Å². The van der Waals surface area contributed by atoms with Crippen LogP contribution in [0.4, 0.5) is 22.4 Å². The second-order valence-corrected chi connectivity index (χ2v) is 8.67. The molecule has 0 radical (unpaired) electrons. The zero-order valence-electron chi connectivity index (χ0n) is 19.7. The van der Waals surface area contributed by atoms with Gasteiger partial charge in [0.2, 0.25) is 11.9 Å². The number of methoxy groups -OCH3 is 1. The molecule has 0 unspecified atom stereocenters. The first kappa shape index (κ1) is 24.2. The molecule has 1 saturated carbocycles. The van der Waals surface area contributed by atoms with Crippen molar-refractivity contribution in [2.75, 3.05) is 24.7 Å². The molecule has 35 heavy (non-hydrogen) atoms. The molecule has 12 heteroatoms. The number of esters is 1. The normalized spacial score (nSPS) is 21.7. The van der Waals surface area contributed by atoms with E-state index in [-0.39, 0.29) is 30.2 Å². The Kier molecular flexibility index (Phi) is 6.99. The molecule has 1 saturated heterocycles. The molecule has 0 atom stereocenters. The second-order valence-electron chi connectivity index (χ2n) is 8.67. The van der Waals surface area contributed by atoms with E-state index < -0.39 is 24.1 Å². The van der Waals surface area contributed by atoms with Gasteiger partial charge < -0.3 is 25.8 Å².